The summed E-state index contributed by atoms with van der Waals surface area (Å²) in [6, 6.07) is 2.47. The number of hydrogen-bond donors (Lipinski definition) is 0. The van der Waals surface area contributed by atoms with Crippen molar-refractivity contribution < 1.29 is 13.2 Å². The summed E-state index contributed by atoms with van der Waals surface area (Å²) >= 11 is 0. The first-order valence-electron chi connectivity index (χ1n) is 5.04. The smallest absolute Gasteiger partial charge is 0.171 e. The Bertz CT molecular complexity index is 155. The Hall–Kier alpha value is 0.00688. The van der Waals surface area contributed by atoms with Crippen LogP contribution in [0.1, 0.15) is 25.7 Å². The van der Waals surface area contributed by atoms with Crippen molar-refractivity contribution in [2.24, 2.45) is 5.92 Å². The average Bonchev–Trinajstić information content (AvgIpc) is 2.00. The minimum atomic E-state index is -3.94. The Balaban J connectivity index is 2.21. The van der Waals surface area contributed by atoms with E-state index in [1.807, 2.05) is 0 Å². The molecule has 2 unspecified atom stereocenters. The maximum absolute atomic E-state index is 11.9. The molecule has 0 aromatic heterocycles. The Morgan fingerprint density at radius 2 is 2.08 bits per heavy atom. The molecule has 1 fully saturated rings. The second-order valence-corrected chi connectivity index (χ2v) is 7.55. The molecule has 0 spiro atoms. The van der Waals surface area contributed by atoms with E-state index in [0.717, 1.165) is 12.5 Å². The van der Waals surface area contributed by atoms with Crippen LogP contribution < -0.4 is 0 Å². The molecule has 2 atom stereocenters. The fourth-order valence-electron chi connectivity index (χ4n) is 2.19. The van der Waals surface area contributed by atoms with Crippen molar-refractivity contribution in [3.63, 3.8) is 0 Å². The first-order chi connectivity index (χ1) is 5.97. The minimum absolute atomic E-state index is 0.376. The molecule has 0 aromatic carbocycles. The molecule has 13 heavy (non-hydrogen) atoms. The number of alkyl halides is 3. The molecule has 0 aliphatic carbocycles. The summed E-state index contributed by atoms with van der Waals surface area (Å²) in [6.07, 6.45) is -1.93. The van der Waals surface area contributed by atoms with Crippen LogP contribution in [0.25, 0.3) is 0 Å². The molecule has 0 saturated carbocycles. The largest absolute Gasteiger partial charge is 0.389 e. The molecule has 0 radical (unpaired) electrons. The molecule has 0 amide bonds. The van der Waals surface area contributed by atoms with Gasteiger partial charge < -0.3 is 0 Å². The molecule has 1 aliphatic heterocycles. The summed E-state index contributed by atoms with van der Waals surface area (Å²) in [6.45, 7) is 2.28. The highest BCUT2D eigenvalue weighted by molar-refractivity contribution is 6.57. The second-order valence-electron chi connectivity index (χ2n) is 4.29. The first-order valence-corrected chi connectivity index (χ1v) is 7.83. The topological polar surface area (TPSA) is 0 Å². The van der Waals surface area contributed by atoms with Crippen LogP contribution in [0.2, 0.25) is 18.6 Å². The molecule has 1 aliphatic rings. The third-order valence-corrected chi connectivity index (χ3v) is 5.75. The minimum Gasteiger partial charge on any atom is -0.171 e. The summed E-state index contributed by atoms with van der Waals surface area (Å²) in [7, 11) is -0.605. The SMILES string of the molecule is C[SiH]1CCCC(CCC(F)(F)F)C1. The molecule has 1 rings (SSSR count). The Labute approximate surface area is 79.1 Å². The maximum Gasteiger partial charge on any atom is 0.389 e. The van der Waals surface area contributed by atoms with Crippen LogP contribution in [-0.2, 0) is 0 Å². The lowest BCUT2D eigenvalue weighted by Crippen LogP contribution is -2.21. The summed E-state index contributed by atoms with van der Waals surface area (Å²) in [5, 5.41) is 0. The Morgan fingerprint density at radius 1 is 1.38 bits per heavy atom. The van der Waals surface area contributed by atoms with Gasteiger partial charge in [0.2, 0.25) is 0 Å². The van der Waals surface area contributed by atoms with Gasteiger partial charge in [-0.15, -0.1) is 0 Å². The van der Waals surface area contributed by atoms with Gasteiger partial charge in [-0.05, 0) is 12.3 Å². The van der Waals surface area contributed by atoms with E-state index in [1.165, 1.54) is 12.5 Å². The normalized spacial score (nSPS) is 30.5. The highest BCUT2D eigenvalue weighted by Crippen LogP contribution is 2.32. The van der Waals surface area contributed by atoms with E-state index in [4.69, 9.17) is 0 Å². The first kappa shape index (κ1) is 11.1. The van der Waals surface area contributed by atoms with Crippen LogP contribution in [-0.4, -0.2) is 15.0 Å². The van der Waals surface area contributed by atoms with Gasteiger partial charge in [0.15, 0.2) is 0 Å². The molecule has 4 heteroatoms. The van der Waals surface area contributed by atoms with Crippen molar-refractivity contribution in [3.8, 4) is 0 Å². The summed E-state index contributed by atoms with van der Waals surface area (Å²) < 4.78 is 35.8. The lowest BCUT2D eigenvalue weighted by atomic mass is 9.99. The van der Waals surface area contributed by atoms with Gasteiger partial charge in [-0.25, -0.2) is 0 Å². The molecule has 0 N–H and O–H groups in total. The monoisotopic (exact) mass is 210 g/mol. The number of hydrogen-bond acceptors (Lipinski definition) is 0. The van der Waals surface area contributed by atoms with E-state index in [1.54, 1.807) is 0 Å². The zero-order valence-electron chi connectivity index (χ0n) is 8.03. The van der Waals surface area contributed by atoms with Crippen LogP contribution >= 0.6 is 0 Å². The average molecular weight is 210 g/mol. The fraction of sp³-hybridized carbons (Fsp3) is 1.00. The van der Waals surface area contributed by atoms with Crippen molar-refractivity contribution >= 4 is 8.80 Å². The van der Waals surface area contributed by atoms with Crippen molar-refractivity contribution in [2.75, 3.05) is 0 Å². The van der Waals surface area contributed by atoms with Gasteiger partial charge in [0.25, 0.3) is 0 Å². The van der Waals surface area contributed by atoms with E-state index >= 15 is 0 Å². The molecule has 0 nitrogen and oxygen atoms in total. The maximum atomic E-state index is 11.9. The zero-order valence-corrected chi connectivity index (χ0v) is 9.19. The van der Waals surface area contributed by atoms with Crippen LogP contribution in [0.15, 0.2) is 0 Å². The molecule has 0 bridgehead atoms. The predicted octanol–water partition coefficient (Wildman–Crippen LogP) is 3.60. The summed E-state index contributed by atoms with van der Waals surface area (Å²) in [4.78, 5) is 0. The molecule has 78 valence electrons. The van der Waals surface area contributed by atoms with Gasteiger partial charge in [-0.1, -0.05) is 31.5 Å². The van der Waals surface area contributed by atoms with E-state index in [2.05, 4.69) is 6.55 Å². The van der Waals surface area contributed by atoms with Crippen LogP contribution in [0.3, 0.4) is 0 Å². The molecule has 1 heterocycles. The van der Waals surface area contributed by atoms with Gasteiger partial charge >= 0.3 is 6.18 Å². The highest BCUT2D eigenvalue weighted by atomic mass is 28.3. The Morgan fingerprint density at radius 3 is 2.62 bits per heavy atom. The van der Waals surface area contributed by atoms with E-state index in [0.29, 0.717) is 12.3 Å². The van der Waals surface area contributed by atoms with E-state index in [-0.39, 0.29) is 0 Å². The van der Waals surface area contributed by atoms with Crippen LogP contribution in [0.5, 0.6) is 0 Å². The number of rotatable bonds is 2. The van der Waals surface area contributed by atoms with E-state index in [9.17, 15) is 13.2 Å². The van der Waals surface area contributed by atoms with Gasteiger partial charge in [0, 0.05) is 15.2 Å². The van der Waals surface area contributed by atoms with Gasteiger partial charge in [0.05, 0.1) is 0 Å². The Kier molecular flexibility index (Phi) is 3.82. The van der Waals surface area contributed by atoms with Crippen molar-refractivity contribution in [1.82, 2.24) is 0 Å². The summed E-state index contributed by atoms with van der Waals surface area (Å²) in [5.41, 5.74) is 0. The lowest BCUT2D eigenvalue weighted by Gasteiger charge is -2.26. The van der Waals surface area contributed by atoms with Gasteiger partial charge in [0.1, 0.15) is 0 Å². The molecular weight excluding hydrogens is 193 g/mol. The van der Waals surface area contributed by atoms with Crippen molar-refractivity contribution in [2.45, 2.75) is 50.5 Å². The molecular formula is C9H17F3Si. The standard InChI is InChI=1S/C9H17F3Si/c1-13-6-2-3-8(7-13)4-5-9(10,11)12/h8,13H,2-7H2,1H3. The van der Waals surface area contributed by atoms with E-state index < -0.39 is 21.4 Å². The predicted molar refractivity (Wildman–Crippen MR) is 50.6 cm³/mol. The molecule has 0 aromatic rings. The van der Waals surface area contributed by atoms with Crippen molar-refractivity contribution in [1.29, 1.82) is 0 Å². The second kappa shape index (κ2) is 4.49. The lowest BCUT2D eigenvalue weighted by molar-refractivity contribution is -0.137. The quantitative estimate of drug-likeness (QED) is 0.611. The number of halogens is 3. The fourth-order valence-corrected chi connectivity index (χ4v) is 4.97. The summed E-state index contributed by atoms with van der Waals surface area (Å²) in [5.74, 6) is 0.386. The van der Waals surface area contributed by atoms with Crippen LogP contribution in [0.4, 0.5) is 13.2 Å². The highest BCUT2D eigenvalue weighted by Gasteiger charge is 2.29. The molecule has 1 saturated heterocycles. The van der Waals surface area contributed by atoms with Crippen LogP contribution in [0, 0.1) is 5.92 Å². The zero-order chi connectivity index (χ0) is 9.90. The third kappa shape index (κ3) is 4.69. The van der Waals surface area contributed by atoms with Crippen molar-refractivity contribution in [3.05, 3.63) is 0 Å². The van der Waals surface area contributed by atoms with Gasteiger partial charge in [-0.3, -0.25) is 0 Å². The third-order valence-electron chi connectivity index (χ3n) is 2.88. The van der Waals surface area contributed by atoms with Gasteiger partial charge in [-0.2, -0.15) is 13.2 Å².